The molecule has 0 saturated heterocycles. The Bertz CT molecular complexity index is 1910. The normalized spacial score (nSPS) is 13.8. The molecule has 0 amide bonds. The SMILES string of the molecule is CCCCCCCCCCCCCCCCCCCC(=O)OC[C@H](COP(=O)(O)OC[C@@H](O)COP(=O)(O)OC[C@@H](COC(=O)CCCCCCCCCCCC)OC(=O)CCCCCCCCCCCCCCCCC)OC(=O)CCCCCCCCCCCCCCCCCC(C)C. The maximum atomic E-state index is 13.1. The molecule has 0 bridgehead atoms. The zero-order valence-electron chi connectivity index (χ0n) is 65.3. The van der Waals surface area contributed by atoms with Gasteiger partial charge in [-0.25, -0.2) is 9.13 Å². The Morgan fingerprint density at radius 2 is 0.460 bits per heavy atom. The maximum Gasteiger partial charge on any atom is 0.472 e. The van der Waals surface area contributed by atoms with Gasteiger partial charge < -0.3 is 33.8 Å². The first-order chi connectivity index (χ1) is 48.5. The molecule has 0 aromatic heterocycles. The summed E-state index contributed by atoms with van der Waals surface area (Å²) in [5.74, 6) is -1.30. The van der Waals surface area contributed by atoms with E-state index in [0.717, 1.165) is 95.8 Å². The Labute approximate surface area is 613 Å². The van der Waals surface area contributed by atoms with Crippen LogP contribution in [0, 0.1) is 5.92 Å². The highest BCUT2D eigenvalue weighted by atomic mass is 31.2. The lowest BCUT2D eigenvalue weighted by Gasteiger charge is -2.21. The number of aliphatic hydroxyl groups is 1. The molecular formula is C81H158O17P2. The first-order valence-corrected chi connectivity index (χ1v) is 45.1. The topological polar surface area (TPSA) is 237 Å². The number of phosphoric acid groups is 2. The first kappa shape index (κ1) is 98.1. The van der Waals surface area contributed by atoms with E-state index in [2.05, 4.69) is 34.6 Å². The van der Waals surface area contributed by atoms with Crippen LogP contribution in [0.1, 0.15) is 433 Å². The average molecular weight is 1470 g/mol. The molecule has 3 N–H and O–H groups in total. The number of carbonyl (C=O) groups excluding carboxylic acids is 4. The minimum absolute atomic E-state index is 0.109. The summed E-state index contributed by atoms with van der Waals surface area (Å²) in [5, 5.41) is 10.6. The van der Waals surface area contributed by atoms with E-state index in [4.69, 9.17) is 37.0 Å². The van der Waals surface area contributed by atoms with Crippen molar-refractivity contribution in [3.63, 3.8) is 0 Å². The van der Waals surface area contributed by atoms with Gasteiger partial charge in [0, 0.05) is 25.7 Å². The molecule has 0 aliphatic rings. The van der Waals surface area contributed by atoms with Crippen molar-refractivity contribution in [2.75, 3.05) is 39.6 Å². The number of hydrogen-bond donors (Lipinski definition) is 3. The zero-order valence-corrected chi connectivity index (χ0v) is 67.1. The Balaban J connectivity index is 5.24. The fourth-order valence-corrected chi connectivity index (χ4v) is 14.2. The van der Waals surface area contributed by atoms with Crippen LogP contribution in [0.4, 0.5) is 0 Å². The largest absolute Gasteiger partial charge is 0.472 e. The van der Waals surface area contributed by atoms with Gasteiger partial charge in [0.2, 0.25) is 0 Å². The standard InChI is InChI=1S/C81H158O17P2/c1-6-9-12-15-18-21-24-26-28-29-33-36-40-45-50-55-60-65-79(84)92-71-77(98-81(86)67-62-57-52-47-42-38-34-30-32-35-39-43-48-53-58-63-74(4)5)73-96-100(89,90)94-69-75(82)68-93-99(87,88)95-72-76(70-91-78(83)64-59-54-49-44-23-20-17-14-11-8-3)97-80(85)66-61-56-51-46-41-37-31-27-25-22-19-16-13-10-7-2/h74-77,82H,6-73H2,1-5H3,(H,87,88)(H,89,90)/t75-,76+,77+/m0/s1. The van der Waals surface area contributed by atoms with Gasteiger partial charge in [-0.2, -0.15) is 0 Å². The number of ether oxygens (including phenoxy) is 4. The van der Waals surface area contributed by atoms with E-state index >= 15 is 0 Å². The van der Waals surface area contributed by atoms with Crippen LogP contribution in [-0.4, -0.2) is 96.7 Å². The summed E-state index contributed by atoms with van der Waals surface area (Å²) in [6, 6.07) is 0. The van der Waals surface area contributed by atoms with Crippen LogP contribution in [0.25, 0.3) is 0 Å². The number of aliphatic hydroxyl groups excluding tert-OH is 1. The summed E-state index contributed by atoms with van der Waals surface area (Å²) in [4.78, 5) is 73.0. The van der Waals surface area contributed by atoms with Gasteiger partial charge in [-0.3, -0.25) is 37.3 Å². The quantitative estimate of drug-likeness (QED) is 0.0222. The minimum Gasteiger partial charge on any atom is -0.462 e. The van der Waals surface area contributed by atoms with Crippen molar-refractivity contribution in [1.29, 1.82) is 0 Å². The predicted octanol–water partition coefficient (Wildman–Crippen LogP) is 24.4. The van der Waals surface area contributed by atoms with Crippen molar-refractivity contribution in [2.24, 2.45) is 5.92 Å². The second-order valence-electron chi connectivity index (χ2n) is 29.6. The second kappa shape index (κ2) is 73.9. The molecule has 0 saturated carbocycles. The van der Waals surface area contributed by atoms with Crippen LogP contribution < -0.4 is 0 Å². The Morgan fingerprint density at radius 3 is 0.680 bits per heavy atom. The Kier molecular flexibility index (Phi) is 72.5. The molecule has 2 unspecified atom stereocenters. The molecule has 17 nitrogen and oxygen atoms in total. The first-order valence-electron chi connectivity index (χ1n) is 42.1. The maximum absolute atomic E-state index is 13.1. The lowest BCUT2D eigenvalue weighted by Crippen LogP contribution is -2.30. The van der Waals surface area contributed by atoms with E-state index in [1.54, 1.807) is 0 Å². The molecule has 0 heterocycles. The van der Waals surface area contributed by atoms with Crippen LogP contribution >= 0.6 is 15.6 Å². The number of esters is 4. The van der Waals surface area contributed by atoms with Crippen molar-refractivity contribution < 1.29 is 80.2 Å². The zero-order chi connectivity index (χ0) is 73.4. The number of carbonyl (C=O) groups is 4. The molecule has 0 aromatic rings. The summed E-state index contributed by atoms with van der Waals surface area (Å²) in [6.07, 6.45) is 65.1. The minimum atomic E-state index is -4.96. The van der Waals surface area contributed by atoms with Crippen molar-refractivity contribution >= 4 is 39.5 Å². The van der Waals surface area contributed by atoms with Gasteiger partial charge in [-0.1, -0.05) is 381 Å². The summed E-state index contributed by atoms with van der Waals surface area (Å²) in [5.41, 5.74) is 0. The van der Waals surface area contributed by atoms with Crippen LogP contribution in [0.5, 0.6) is 0 Å². The van der Waals surface area contributed by atoms with Gasteiger partial charge in [0.15, 0.2) is 12.2 Å². The summed E-state index contributed by atoms with van der Waals surface area (Å²) < 4.78 is 68.7. The third-order valence-electron chi connectivity index (χ3n) is 19.0. The van der Waals surface area contributed by atoms with Gasteiger partial charge in [0.25, 0.3) is 0 Å². The van der Waals surface area contributed by atoms with Gasteiger partial charge >= 0.3 is 39.5 Å². The van der Waals surface area contributed by atoms with Crippen molar-refractivity contribution in [1.82, 2.24) is 0 Å². The molecule has 19 heteroatoms. The highest BCUT2D eigenvalue weighted by Gasteiger charge is 2.30. The van der Waals surface area contributed by atoms with E-state index in [1.165, 1.54) is 257 Å². The van der Waals surface area contributed by atoms with Gasteiger partial charge in [-0.05, 0) is 31.6 Å². The van der Waals surface area contributed by atoms with E-state index in [1.807, 2.05) is 0 Å². The Hall–Kier alpha value is -1.94. The molecule has 0 aliphatic carbocycles. The smallest absolute Gasteiger partial charge is 0.462 e. The summed E-state index contributed by atoms with van der Waals surface area (Å²) in [7, 11) is -9.92. The number of hydrogen-bond acceptors (Lipinski definition) is 15. The van der Waals surface area contributed by atoms with E-state index in [-0.39, 0.29) is 25.7 Å². The van der Waals surface area contributed by atoms with E-state index in [0.29, 0.717) is 25.7 Å². The summed E-state index contributed by atoms with van der Waals surface area (Å²) >= 11 is 0. The molecule has 0 rings (SSSR count). The molecule has 0 aromatic carbocycles. The van der Waals surface area contributed by atoms with E-state index in [9.17, 15) is 43.2 Å². The van der Waals surface area contributed by atoms with Gasteiger partial charge in [-0.15, -0.1) is 0 Å². The Morgan fingerprint density at radius 1 is 0.270 bits per heavy atom. The molecule has 0 aliphatic heterocycles. The third kappa shape index (κ3) is 74.3. The van der Waals surface area contributed by atoms with Crippen LogP contribution in [0.3, 0.4) is 0 Å². The highest BCUT2D eigenvalue weighted by Crippen LogP contribution is 2.45. The molecule has 5 atom stereocenters. The lowest BCUT2D eigenvalue weighted by atomic mass is 10.0. The average Bonchev–Trinajstić information content (AvgIpc) is 1.47. The van der Waals surface area contributed by atoms with Crippen LogP contribution in [-0.2, 0) is 65.4 Å². The van der Waals surface area contributed by atoms with Crippen molar-refractivity contribution in [2.45, 2.75) is 451 Å². The van der Waals surface area contributed by atoms with Gasteiger partial charge in [0.05, 0.1) is 26.4 Å². The van der Waals surface area contributed by atoms with Crippen LogP contribution in [0.2, 0.25) is 0 Å². The van der Waals surface area contributed by atoms with E-state index < -0.39 is 97.5 Å². The molecule has 0 radical (unpaired) electrons. The fraction of sp³-hybridized carbons (Fsp3) is 0.951. The monoisotopic (exact) mass is 1470 g/mol. The predicted molar refractivity (Wildman–Crippen MR) is 409 cm³/mol. The number of phosphoric ester groups is 2. The number of rotatable bonds is 81. The third-order valence-corrected chi connectivity index (χ3v) is 20.9. The van der Waals surface area contributed by atoms with Gasteiger partial charge in [0.1, 0.15) is 19.3 Å². The highest BCUT2D eigenvalue weighted by molar-refractivity contribution is 7.47. The molecular weight excluding hydrogens is 1310 g/mol. The summed E-state index contributed by atoms with van der Waals surface area (Å²) in [6.45, 7) is 7.36. The molecule has 594 valence electrons. The molecule has 0 spiro atoms. The second-order valence-corrected chi connectivity index (χ2v) is 32.5. The van der Waals surface area contributed by atoms with Crippen molar-refractivity contribution in [3.05, 3.63) is 0 Å². The van der Waals surface area contributed by atoms with Crippen molar-refractivity contribution in [3.8, 4) is 0 Å². The molecule has 100 heavy (non-hydrogen) atoms. The fourth-order valence-electron chi connectivity index (χ4n) is 12.6. The number of unbranched alkanes of at least 4 members (excludes halogenated alkanes) is 53. The lowest BCUT2D eigenvalue weighted by molar-refractivity contribution is -0.161. The molecule has 0 fully saturated rings. The van der Waals surface area contributed by atoms with Crippen LogP contribution in [0.15, 0.2) is 0 Å².